The van der Waals surface area contributed by atoms with Gasteiger partial charge in [-0.2, -0.15) is 9.40 Å². The second-order valence-electron chi connectivity index (χ2n) is 4.40. The van der Waals surface area contributed by atoms with Crippen molar-refractivity contribution in [1.82, 2.24) is 14.5 Å². The summed E-state index contributed by atoms with van der Waals surface area (Å²) in [5, 5.41) is 6.51. The molecule has 0 fully saturated rings. The molecule has 0 spiro atoms. The molecule has 0 bridgehead atoms. The summed E-state index contributed by atoms with van der Waals surface area (Å²) in [7, 11) is -2.38. The Bertz CT molecular complexity index is 562. The van der Waals surface area contributed by atoms with Gasteiger partial charge in [-0.3, -0.25) is 9.89 Å². The lowest BCUT2D eigenvalue weighted by Gasteiger charge is -2.21. The largest absolute Gasteiger partial charge is 0.465 e. The first kappa shape index (κ1) is 17.6. The number of nitrogens with one attached hydrogen (secondary N) is 1. The minimum Gasteiger partial charge on any atom is -0.465 e. The third kappa shape index (κ3) is 4.26. The number of H-pyrrole nitrogens is 1. The maximum Gasteiger partial charge on any atom is 0.321 e. The second-order valence-corrected chi connectivity index (χ2v) is 6.27. The molecule has 0 radical (unpaired) electrons. The predicted octanol–water partition coefficient (Wildman–Crippen LogP) is 0.227. The summed E-state index contributed by atoms with van der Waals surface area (Å²) in [4.78, 5) is 11.7. The summed E-state index contributed by atoms with van der Waals surface area (Å²) in [6.45, 7) is 4.94. The van der Waals surface area contributed by atoms with E-state index in [1.165, 1.54) is 7.11 Å². The first-order valence-corrected chi connectivity index (χ1v) is 7.94. The van der Waals surface area contributed by atoms with Gasteiger partial charge in [0, 0.05) is 13.7 Å². The Balaban J connectivity index is 3.08. The molecule has 0 saturated carbocycles. The number of rotatable bonds is 8. The molecule has 1 aromatic rings. The molecule has 0 atom stereocenters. The number of carbonyl (C=O) groups is 1. The Kier molecular flexibility index (Phi) is 6.31. The second kappa shape index (κ2) is 7.53. The molecule has 0 amide bonds. The predicted molar refractivity (Wildman–Crippen MR) is 75.3 cm³/mol. The Morgan fingerprint density at radius 3 is 2.52 bits per heavy atom. The number of esters is 1. The van der Waals surface area contributed by atoms with E-state index in [9.17, 15) is 13.2 Å². The standard InChI is InChI=1S/C12H21N3O5S/c1-5-20-11(16)8-15(6-7-19-4)21(17,18)12-9(2)13-14-10(12)3/h5-8H2,1-4H3,(H,13,14). The topological polar surface area (TPSA) is 102 Å². The molecule has 0 unspecified atom stereocenters. The van der Waals surface area contributed by atoms with Crippen LogP contribution >= 0.6 is 0 Å². The summed E-state index contributed by atoms with van der Waals surface area (Å²) in [5.74, 6) is -0.601. The Morgan fingerprint density at radius 1 is 1.38 bits per heavy atom. The number of hydrogen-bond donors (Lipinski definition) is 1. The molecule has 1 heterocycles. The van der Waals surface area contributed by atoms with Gasteiger partial charge in [0.1, 0.15) is 11.4 Å². The zero-order valence-electron chi connectivity index (χ0n) is 12.7. The van der Waals surface area contributed by atoms with E-state index in [0.29, 0.717) is 11.4 Å². The van der Waals surface area contributed by atoms with Crippen molar-refractivity contribution in [2.75, 3.05) is 33.4 Å². The van der Waals surface area contributed by atoms with E-state index in [1.54, 1.807) is 20.8 Å². The summed E-state index contributed by atoms with van der Waals surface area (Å²) in [5.41, 5.74) is 0.789. The summed E-state index contributed by atoms with van der Waals surface area (Å²) < 4.78 is 36.1. The van der Waals surface area contributed by atoms with Gasteiger partial charge in [-0.05, 0) is 20.8 Å². The van der Waals surface area contributed by atoms with E-state index in [0.717, 1.165) is 4.31 Å². The Hall–Kier alpha value is -1.45. The van der Waals surface area contributed by atoms with Gasteiger partial charge in [-0.25, -0.2) is 8.42 Å². The van der Waals surface area contributed by atoms with E-state index >= 15 is 0 Å². The monoisotopic (exact) mass is 319 g/mol. The third-order valence-corrected chi connectivity index (χ3v) is 4.92. The van der Waals surface area contributed by atoms with Crippen molar-refractivity contribution in [1.29, 1.82) is 0 Å². The van der Waals surface area contributed by atoms with E-state index in [4.69, 9.17) is 9.47 Å². The molecule has 1 rings (SSSR count). The van der Waals surface area contributed by atoms with Gasteiger partial charge in [-0.15, -0.1) is 0 Å². The van der Waals surface area contributed by atoms with Crippen LogP contribution < -0.4 is 0 Å². The van der Waals surface area contributed by atoms with Gasteiger partial charge in [0.15, 0.2) is 0 Å². The quantitative estimate of drug-likeness (QED) is 0.688. The van der Waals surface area contributed by atoms with Crippen LogP contribution in [0.15, 0.2) is 4.90 Å². The summed E-state index contributed by atoms with van der Waals surface area (Å²) in [6, 6.07) is 0. The number of hydrogen-bond acceptors (Lipinski definition) is 6. The number of aromatic nitrogens is 2. The van der Waals surface area contributed by atoms with Crippen LogP contribution in [0.2, 0.25) is 0 Å². The number of nitrogens with zero attached hydrogens (tertiary/aromatic N) is 2. The normalized spacial score (nSPS) is 11.9. The van der Waals surface area contributed by atoms with Crippen molar-refractivity contribution in [3.05, 3.63) is 11.4 Å². The third-order valence-electron chi connectivity index (χ3n) is 2.81. The fourth-order valence-electron chi connectivity index (χ4n) is 1.88. The lowest BCUT2D eigenvalue weighted by molar-refractivity contribution is -0.143. The van der Waals surface area contributed by atoms with Crippen molar-refractivity contribution < 1.29 is 22.7 Å². The van der Waals surface area contributed by atoms with Gasteiger partial charge >= 0.3 is 5.97 Å². The van der Waals surface area contributed by atoms with E-state index < -0.39 is 16.0 Å². The fraction of sp³-hybridized carbons (Fsp3) is 0.667. The molecule has 8 nitrogen and oxygen atoms in total. The van der Waals surface area contributed by atoms with Crippen LogP contribution in [-0.2, 0) is 24.3 Å². The molecule has 0 aliphatic carbocycles. The summed E-state index contributed by atoms with van der Waals surface area (Å²) >= 11 is 0. The van der Waals surface area contributed by atoms with Crippen LogP contribution in [0.5, 0.6) is 0 Å². The molecular weight excluding hydrogens is 298 g/mol. The number of aromatic amines is 1. The van der Waals surface area contributed by atoms with Crippen molar-refractivity contribution in [3.63, 3.8) is 0 Å². The Labute approximate surface area is 124 Å². The van der Waals surface area contributed by atoms with Crippen molar-refractivity contribution >= 4 is 16.0 Å². The first-order chi connectivity index (χ1) is 9.84. The van der Waals surface area contributed by atoms with Crippen LogP contribution in [0, 0.1) is 13.8 Å². The number of aryl methyl sites for hydroxylation is 2. The number of sulfonamides is 1. The highest BCUT2D eigenvalue weighted by molar-refractivity contribution is 7.89. The van der Waals surface area contributed by atoms with Crippen molar-refractivity contribution in [3.8, 4) is 0 Å². The minimum absolute atomic E-state index is 0.0572. The molecule has 120 valence electrons. The van der Waals surface area contributed by atoms with Crippen LogP contribution in [0.4, 0.5) is 0 Å². The van der Waals surface area contributed by atoms with Crippen LogP contribution in [0.25, 0.3) is 0 Å². The average Bonchev–Trinajstić information content (AvgIpc) is 2.74. The van der Waals surface area contributed by atoms with Crippen LogP contribution in [0.1, 0.15) is 18.3 Å². The lowest BCUT2D eigenvalue weighted by atomic mass is 10.4. The van der Waals surface area contributed by atoms with E-state index in [-0.39, 0.29) is 31.2 Å². The highest BCUT2D eigenvalue weighted by Crippen LogP contribution is 2.21. The minimum atomic E-state index is -3.85. The van der Waals surface area contributed by atoms with Gasteiger partial charge < -0.3 is 9.47 Å². The zero-order chi connectivity index (χ0) is 16.0. The molecule has 0 saturated heterocycles. The van der Waals surface area contributed by atoms with E-state index in [2.05, 4.69) is 10.2 Å². The number of carbonyl (C=O) groups excluding carboxylic acids is 1. The zero-order valence-corrected chi connectivity index (χ0v) is 13.5. The lowest BCUT2D eigenvalue weighted by Crippen LogP contribution is -2.39. The van der Waals surface area contributed by atoms with Crippen molar-refractivity contribution in [2.24, 2.45) is 0 Å². The van der Waals surface area contributed by atoms with Gasteiger partial charge in [0.05, 0.1) is 24.6 Å². The molecule has 9 heteroatoms. The van der Waals surface area contributed by atoms with E-state index in [1.807, 2.05) is 0 Å². The van der Waals surface area contributed by atoms with Crippen LogP contribution in [-0.4, -0.2) is 62.3 Å². The van der Waals surface area contributed by atoms with Gasteiger partial charge in [0.25, 0.3) is 0 Å². The highest BCUT2D eigenvalue weighted by Gasteiger charge is 2.31. The fourth-order valence-corrected chi connectivity index (χ4v) is 3.58. The Morgan fingerprint density at radius 2 is 2.05 bits per heavy atom. The number of ether oxygens (including phenoxy) is 2. The number of methoxy groups -OCH3 is 1. The molecule has 21 heavy (non-hydrogen) atoms. The average molecular weight is 319 g/mol. The SMILES string of the molecule is CCOC(=O)CN(CCOC)S(=O)(=O)c1c(C)n[nH]c1C. The van der Waals surface area contributed by atoms with Crippen LogP contribution in [0.3, 0.4) is 0 Å². The molecule has 0 aromatic carbocycles. The molecular formula is C12H21N3O5S. The van der Waals surface area contributed by atoms with Gasteiger partial charge in [-0.1, -0.05) is 0 Å². The van der Waals surface area contributed by atoms with Crippen molar-refractivity contribution in [2.45, 2.75) is 25.7 Å². The molecule has 0 aliphatic rings. The molecule has 0 aliphatic heterocycles. The summed E-state index contributed by atoms with van der Waals surface area (Å²) in [6.07, 6.45) is 0. The maximum atomic E-state index is 12.7. The first-order valence-electron chi connectivity index (χ1n) is 6.50. The highest BCUT2D eigenvalue weighted by atomic mass is 32.2. The smallest absolute Gasteiger partial charge is 0.321 e. The maximum absolute atomic E-state index is 12.7. The molecule has 1 aromatic heterocycles. The van der Waals surface area contributed by atoms with Gasteiger partial charge in [0.2, 0.25) is 10.0 Å². The molecule has 1 N–H and O–H groups in total.